The van der Waals surface area contributed by atoms with Gasteiger partial charge in [-0.1, -0.05) is 42.5 Å². The number of carboxylic acids is 1. The lowest BCUT2D eigenvalue weighted by Gasteiger charge is -2.43. The third-order valence-electron chi connectivity index (χ3n) is 4.80. The number of carboxylic acid groups (broad SMARTS) is 1. The van der Waals surface area contributed by atoms with Crippen LogP contribution in [0.1, 0.15) is 24.1 Å². The monoisotopic (exact) mass is 342 g/mol. The van der Waals surface area contributed by atoms with Crippen LogP contribution in [0.2, 0.25) is 0 Å². The fraction of sp³-hybridized carbons (Fsp3) is 0.350. The SMILES string of the molecule is CC1CN([C@@H](c2ccccc2)c2ccc(F)cc2)CCN1CC(=O)O. The van der Waals surface area contributed by atoms with Gasteiger partial charge >= 0.3 is 5.97 Å². The highest BCUT2D eigenvalue weighted by Gasteiger charge is 2.30. The molecule has 1 heterocycles. The Hall–Kier alpha value is -2.24. The van der Waals surface area contributed by atoms with Crippen LogP contribution in [-0.4, -0.2) is 53.1 Å². The Morgan fingerprint density at radius 2 is 1.76 bits per heavy atom. The number of hydrogen-bond donors (Lipinski definition) is 1. The van der Waals surface area contributed by atoms with E-state index in [1.807, 2.05) is 35.2 Å². The predicted octanol–water partition coefficient (Wildman–Crippen LogP) is 3.01. The van der Waals surface area contributed by atoms with E-state index in [0.717, 1.165) is 24.2 Å². The van der Waals surface area contributed by atoms with Crippen LogP contribution in [0.4, 0.5) is 4.39 Å². The van der Waals surface area contributed by atoms with Gasteiger partial charge in [-0.15, -0.1) is 0 Å². The van der Waals surface area contributed by atoms with Crippen molar-refractivity contribution in [3.05, 3.63) is 71.5 Å². The van der Waals surface area contributed by atoms with Crippen LogP contribution in [-0.2, 0) is 4.79 Å². The quantitative estimate of drug-likeness (QED) is 0.907. The summed E-state index contributed by atoms with van der Waals surface area (Å²) in [4.78, 5) is 15.4. The van der Waals surface area contributed by atoms with Crippen LogP contribution < -0.4 is 0 Å². The molecular formula is C20H23FN2O2. The highest BCUT2D eigenvalue weighted by molar-refractivity contribution is 5.69. The molecule has 2 aromatic rings. The van der Waals surface area contributed by atoms with Crippen molar-refractivity contribution in [2.24, 2.45) is 0 Å². The van der Waals surface area contributed by atoms with E-state index >= 15 is 0 Å². The van der Waals surface area contributed by atoms with E-state index in [1.54, 1.807) is 0 Å². The van der Waals surface area contributed by atoms with Gasteiger partial charge in [0.1, 0.15) is 5.82 Å². The number of rotatable bonds is 5. The van der Waals surface area contributed by atoms with Crippen LogP contribution >= 0.6 is 0 Å². The van der Waals surface area contributed by atoms with Gasteiger partial charge in [-0.25, -0.2) is 4.39 Å². The maximum Gasteiger partial charge on any atom is 0.317 e. The summed E-state index contributed by atoms with van der Waals surface area (Å²) in [7, 11) is 0. The first-order valence-corrected chi connectivity index (χ1v) is 8.55. The van der Waals surface area contributed by atoms with Crippen molar-refractivity contribution in [2.75, 3.05) is 26.2 Å². The summed E-state index contributed by atoms with van der Waals surface area (Å²) in [6.07, 6.45) is 0. The van der Waals surface area contributed by atoms with Crippen LogP contribution in [0.5, 0.6) is 0 Å². The maximum atomic E-state index is 13.4. The van der Waals surface area contributed by atoms with Gasteiger partial charge in [-0.3, -0.25) is 14.6 Å². The average molecular weight is 342 g/mol. The highest BCUT2D eigenvalue weighted by atomic mass is 19.1. The predicted molar refractivity (Wildman–Crippen MR) is 94.9 cm³/mol. The molecule has 0 bridgehead atoms. The molecule has 0 aromatic heterocycles. The molecule has 0 spiro atoms. The number of hydrogen-bond acceptors (Lipinski definition) is 3. The first kappa shape index (κ1) is 17.6. The first-order valence-electron chi connectivity index (χ1n) is 8.55. The average Bonchev–Trinajstić information content (AvgIpc) is 2.60. The van der Waals surface area contributed by atoms with Gasteiger partial charge in [-0.2, -0.15) is 0 Å². The van der Waals surface area contributed by atoms with Gasteiger partial charge in [0.15, 0.2) is 0 Å². The van der Waals surface area contributed by atoms with Crippen molar-refractivity contribution in [2.45, 2.75) is 19.0 Å². The number of carbonyl (C=O) groups is 1. The van der Waals surface area contributed by atoms with Crippen molar-refractivity contribution in [1.82, 2.24) is 9.80 Å². The van der Waals surface area contributed by atoms with Gasteiger partial charge in [0.25, 0.3) is 0 Å². The lowest BCUT2D eigenvalue weighted by Crippen LogP contribution is -2.54. The Kier molecular flexibility index (Phi) is 5.46. The van der Waals surface area contributed by atoms with Gasteiger partial charge in [0.05, 0.1) is 12.6 Å². The Labute approximate surface area is 147 Å². The molecular weight excluding hydrogens is 319 g/mol. The van der Waals surface area contributed by atoms with E-state index in [0.29, 0.717) is 6.54 Å². The second-order valence-electron chi connectivity index (χ2n) is 6.57. The molecule has 132 valence electrons. The van der Waals surface area contributed by atoms with Crippen LogP contribution in [0.15, 0.2) is 54.6 Å². The summed E-state index contributed by atoms with van der Waals surface area (Å²) in [6, 6.07) is 17.0. The fourth-order valence-electron chi connectivity index (χ4n) is 3.56. The van der Waals surface area contributed by atoms with Crippen molar-refractivity contribution < 1.29 is 14.3 Å². The van der Waals surface area contributed by atoms with E-state index in [4.69, 9.17) is 5.11 Å². The van der Waals surface area contributed by atoms with Crippen molar-refractivity contribution >= 4 is 5.97 Å². The first-order chi connectivity index (χ1) is 12.0. The number of nitrogens with zero attached hydrogens (tertiary/aromatic N) is 2. The minimum Gasteiger partial charge on any atom is -0.480 e. The molecule has 1 unspecified atom stereocenters. The Balaban J connectivity index is 1.86. The highest BCUT2D eigenvalue weighted by Crippen LogP contribution is 2.30. The summed E-state index contributed by atoms with van der Waals surface area (Å²) < 4.78 is 13.4. The standard InChI is InChI=1S/C20H23FN2O2/c1-15-13-23(12-11-22(15)14-19(24)25)20(16-5-3-2-4-6-16)17-7-9-18(21)10-8-17/h2-10,15,20H,11-14H2,1H3,(H,24,25)/t15?,20-/m0/s1. The molecule has 1 aliphatic heterocycles. The molecule has 4 nitrogen and oxygen atoms in total. The summed E-state index contributed by atoms with van der Waals surface area (Å²) in [5.74, 6) is -1.03. The smallest absolute Gasteiger partial charge is 0.317 e. The van der Waals surface area contributed by atoms with Crippen LogP contribution in [0.3, 0.4) is 0 Å². The molecule has 1 aliphatic rings. The zero-order chi connectivity index (χ0) is 17.8. The minimum absolute atomic E-state index is 0.0382. The number of aliphatic carboxylic acids is 1. The molecule has 1 N–H and O–H groups in total. The molecule has 1 fully saturated rings. The molecule has 0 saturated carbocycles. The van der Waals surface area contributed by atoms with E-state index < -0.39 is 5.97 Å². The van der Waals surface area contributed by atoms with Gasteiger partial charge in [0, 0.05) is 25.7 Å². The zero-order valence-corrected chi connectivity index (χ0v) is 14.3. The Morgan fingerprint density at radius 3 is 2.36 bits per heavy atom. The largest absolute Gasteiger partial charge is 0.480 e. The van der Waals surface area contributed by atoms with Gasteiger partial charge in [-0.05, 0) is 30.2 Å². The van der Waals surface area contributed by atoms with E-state index in [9.17, 15) is 9.18 Å². The fourth-order valence-corrected chi connectivity index (χ4v) is 3.56. The topological polar surface area (TPSA) is 43.8 Å². The molecule has 5 heteroatoms. The van der Waals surface area contributed by atoms with Gasteiger partial charge < -0.3 is 5.11 Å². The molecule has 2 aromatic carbocycles. The third-order valence-corrected chi connectivity index (χ3v) is 4.80. The maximum absolute atomic E-state index is 13.4. The second kappa shape index (κ2) is 7.76. The summed E-state index contributed by atoms with van der Waals surface area (Å²) in [5.41, 5.74) is 2.21. The Bertz CT molecular complexity index is 705. The lowest BCUT2D eigenvalue weighted by molar-refractivity contribution is -0.139. The van der Waals surface area contributed by atoms with Crippen molar-refractivity contribution in [3.8, 4) is 0 Å². The summed E-state index contributed by atoms with van der Waals surface area (Å²) >= 11 is 0. The van der Waals surface area contributed by atoms with Gasteiger partial charge in [0.2, 0.25) is 0 Å². The normalized spacial score (nSPS) is 20.3. The van der Waals surface area contributed by atoms with E-state index in [1.165, 1.54) is 12.1 Å². The molecule has 3 rings (SSSR count). The van der Waals surface area contributed by atoms with Crippen LogP contribution in [0, 0.1) is 5.82 Å². The van der Waals surface area contributed by atoms with E-state index in [2.05, 4.69) is 24.0 Å². The molecule has 0 aliphatic carbocycles. The van der Waals surface area contributed by atoms with E-state index in [-0.39, 0.29) is 24.4 Å². The van der Waals surface area contributed by atoms with Crippen molar-refractivity contribution in [3.63, 3.8) is 0 Å². The summed E-state index contributed by atoms with van der Waals surface area (Å²) in [6.45, 7) is 4.38. The second-order valence-corrected chi connectivity index (χ2v) is 6.57. The number of halogens is 1. The third kappa shape index (κ3) is 4.24. The number of piperazine rings is 1. The molecule has 25 heavy (non-hydrogen) atoms. The lowest BCUT2D eigenvalue weighted by atomic mass is 9.95. The summed E-state index contributed by atoms with van der Waals surface area (Å²) in [5, 5.41) is 9.05. The molecule has 0 amide bonds. The molecule has 0 radical (unpaired) electrons. The van der Waals surface area contributed by atoms with Crippen molar-refractivity contribution in [1.29, 1.82) is 0 Å². The van der Waals surface area contributed by atoms with Crippen LogP contribution in [0.25, 0.3) is 0 Å². The zero-order valence-electron chi connectivity index (χ0n) is 14.3. The molecule has 1 saturated heterocycles. The molecule has 2 atom stereocenters. The number of benzene rings is 2. The Morgan fingerprint density at radius 1 is 1.12 bits per heavy atom. The minimum atomic E-state index is -0.793.